The van der Waals surface area contributed by atoms with Crippen LogP contribution in [-0.2, 0) is 9.59 Å². The Morgan fingerprint density at radius 2 is 2.37 bits per heavy atom. The molecule has 6 nitrogen and oxygen atoms in total. The van der Waals surface area contributed by atoms with Crippen molar-refractivity contribution in [3.63, 3.8) is 0 Å². The van der Waals surface area contributed by atoms with E-state index in [-0.39, 0.29) is 12.5 Å². The molecule has 1 aliphatic rings. The molecule has 0 fully saturated rings. The van der Waals surface area contributed by atoms with E-state index in [2.05, 4.69) is 10.6 Å². The number of carbonyl (C=O) groups is 2. The van der Waals surface area contributed by atoms with E-state index in [9.17, 15) is 9.59 Å². The number of rotatable bonds is 5. The van der Waals surface area contributed by atoms with Gasteiger partial charge < -0.3 is 20.5 Å². The molecule has 0 spiro atoms. The van der Waals surface area contributed by atoms with Crippen LogP contribution < -0.4 is 15.4 Å². The molecule has 1 aromatic carbocycles. The minimum Gasteiger partial charge on any atom is -0.482 e. The van der Waals surface area contributed by atoms with Gasteiger partial charge >= 0.3 is 5.97 Å². The predicted molar refractivity (Wildman–Crippen MR) is 70.5 cm³/mol. The van der Waals surface area contributed by atoms with E-state index in [1.807, 2.05) is 6.92 Å². The van der Waals surface area contributed by atoms with E-state index < -0.39 is 11.9 Å². The van der Waals surface area contributed by atoms with E-state index in [0.717, 1.165) is 5.69 Å². The van der Waals surface area contributed by atoms with Gasteiger partial charge in [0.15, 0.2) is 6.61 Å². The number of aliphatic carboxylic acids is 1. The number of amides is 1. The van der Waals surface area contributed by atoms with Gasteiger partial charge in [-0.2, -0.15) is 0 Å². The highest BCUT2D eigenvalue weighted by Gasteiger charge is 2.17. The molecule has 1 amide bonds. The topological polar surface area (TPSA) is 87.7 Å². The zero-order valence-corrected chi connectivity index (χ0v) is 10.6. The van der Waals surface area contributed by atoms with Crippen molar-refractivity contribution in [3.05, 3.63) is 18.2 Å². The lowest BCUT2D eigenvalue weighted by molar-refractivity contribution is -0.141. The number of anilines is 2. The SMILES string of the molecule is CCC(CNc1ccc2c(c1)NC(=O)CO2)C(=O)O. The van der Waals surface area contributed by atoms with Gasteiger partial charge in [-0.1, -0.05) is 6.92 Å². The number of fused-ring (bicyclic) bond motifs is 1. The molecule has 1 aromatic rings. The molecule has 2 rings (SSSR count). The Hall–Kier alpha value is -2.24. The third-order valence-corrected chi connectivity index (χ3v) is 3.01. The van der Waals surface area contributed by atoms with Crippen molar-refractivity contribution in [2.45, 2.75) is 13.3 Å². The summed E-state index contributed by atoms with van der Waals surface area (Å²) >= 11 is 0. The second-order valence-corrected chi connectivity index (χ2v) is 4.37. The molecule has 1 heterocycles. The third-order valence-electron chi connectivity index (χ3n) is 3.01. The molecule has 0 aliphatic carbocycles. The highest BCUT2D eigenvalue weighted by atomic mass is 16.5. The molecule has 1 unspecified atom stereocenters. The monoisotopic (exact) mass is 264 g/mol. The highest BCUT2D eigenvalue weighted by molar-refractivity contribution is 5.96. The van der Waals surface area contributed by atoms with Crippen LogP contribution in [0.1, 0.15) is 13.3 Å². The van der Waals surface area contributed by atoms with Crippen molar-refractivity contribution in [1.82, 2.24) is 0 Å². The van der Waals surface area contributed by atoms with Crippen LogP contribution in [0.4, 0.5) is 11.4 Å². The summed E-state index contributed by atoms with van der Waals surface area (Å²) in [4.78, 5) is 22.1. The summed E-state index contributed by atoms with van der Waals surface area (Å²) in [7, 11) is 0. The summed E-state index contributed by atoms with van der Waals surface area (Å²) in [6.45, 7) is 2.21. The average Bonchev–Trinajstić information content (AvgIpc) is 2.38. The first-order chi connectivity index (χ1) is 9.10. The first-order valence-electron chi connectivity index (χ1n) is 6.13. The third kappa shape index (κ3) is 3.15. The lowest BCUT2D eigenvalue weighted by Crippen LogP contribution is -2.25. The number of carboxylic acids is 1. The highest BCUT2D eigenvalue weighted by Crippen LogP contribution is 2.30. The number of hydrogen-bond acceptors (Lipinski definition) is 4. The number of ether oxygens (including phenoxy) is 1. The minimum absolute atomic E-state index is 0.0245. The van der Waals surface area contributed by atoms with Crippen LogP contribution in [0.25, 0.3) is 0 Å². The van der Waals surface area contributed by atoms with Crippen molar-refractivity contribution in [3.8, 4) is 5.75 Å². The first kappa shape index (κ1) is 13.2. The number of benzene rings is 1. The molecule has 0 saturated carbocycles. The molecule has 19 heavy (non-hydrogen) atoms. The second-order valence-electron chi connectivity index (χ2n) is 4.37. The maximum absolute atomic E-state index is 11.2. The smallest absolute Gasteiger partial charge is 0.308 e. The van der Waals surface area contributed by atoms with Gasteiger partial charge in [0.05, 0.1) is 11.6 Å². The Kier molecular flexibility index (Phi) is 3.89. The number of hydrogen-bond donors (Lipinski definition) is 3. The quantitative estimate of drug-likeness (QED) is 0.750. The van der Waals surface area contributed by atoms with Gasteiger partial charge in [0.1, 0.15) is 5.75 Å². The van der Waals surface area contributed by atoms with Crippen molar-refractivity contribution in [1.29, 1.82) is 0 Å². The standard InChI is InChI=1S/C13H16N2O4/c1-2-8(13(17)18)6-14-9-3-4-11-10(5-9)15-12(16)7-19-11/h3-5,8,14H,2,6-7H2,1H3,(H,15,16)(H,17,18). The maximum Gasteiger partial charge on any atom is 0.308 e. The summed E-state index contributed by atoms with van der Waals surface area (Å²) in [5.74, 6) is -0.816. The molecular formula is C13H16N2O4. The first-order valence-corrected chi connectivity index (χ1v) is 6.13. The molecule has 102 valence electrons. The number of carbonyl (C=O) groups excluding carboxylic acids is 1. The molecule has 1 aliphatic heterocycles. The summed E-state index contributed by atoms with van der Waals surface area (Å²) in [5, 5.41) is 14.7. The number of carboxylic acid groups (broad SMARTS) is 1. The van der Waals surface area contributed by atoms with Gasteiger partial charge in [-0.3, -0.25) is 9.59 Å². The van der Waals surface area contributed by atoms with E-state index in [1.165, 1.54) is 0 Å². The van der Waals surface area contributed by atoms with Gasteiger partial charge in [0.2, 0.25) is 0 Å². The lowest BCUT2D eigenvalue weighted by Gasteiger charge is -2.19. The molecule has 3 N–H and O–H groups in total. The molecule has 0 aromatic heterocycles. The van der Waals surface area contributed by atoms with Crippen molar-refractivity contribution < 1.29 is 19.4 Å². The van der Waals surface area contributed by atoms with Gasteiger partial charge in [-0.05, 0) is 24.6 Å². The van der Waals surface area contributed by atoms with Crippen LogP contribution >= 0.6 is 0 Å². The largest absolute Gasteiger partial charge is 0.482 e. The molecule has 6 heteroatoms. The van der Waals surface area contributed by atoms with Crippen LogP contribution in [0, 0.1) is 5.92 Å². The number of nitrogens with one attached hydrogen (secondary N) is 2. The van der Waals surface area contributed by atoms with Crippen LogP contribution in [-0.4, -0.2) is 30.1 Å². The Morgan fingerprint density at radius 1 is 1.58 bits per heavy atom. The Balaban J connectivity index is 2.04. The van der Waals surface area contributed by atoms with Crippen LogP contribution in [0.3, 0.4) is 0 Å². The summed E-state index contributed by atoms with van der Waals surface area (Å²) in [6, 6.07) is 5.28. The van der Waals surface area contributed by atoms with Crippen molar-refractivity contribution in [2.75, 3.05) is 23.8 Å². The van der Waals surface area contributed by atoms with Crippen molar-refractivity contribution in [2.24, 2.45) is 5.92 Å². The normalized spacial score (nSPS) is 14.9. The maximum atomic E-state index is 11.2. The van der Waals surface area contributed by atoms with Crippen LogP contribution in [0.5, 0.6) is 5.75 Å². The zero-order valence-electron chi connectivity index (χ0n) is 10.6. The molecule has 0 radical (unpaired) electrons. The fourth-order valence-electron chi connectivity index (χ4n) is 1.84. The molecule has 1 atom stereocenters. The Bertz CT molecular complexity index is 501. The van der Waals surface area contributed by atoms with Gasteiger partial charge in [0.25, 0.3) is 5.91 Å². The molecule has 0 saturated heterocycles. The van der Waals surface area contributed by atoms with E-state index in [0.29, 0.717) is 24.4 Å². The minimum atomic E-state index is -0.815. The van der Waals surface area contributed by atoms with Crippen LogP contribution in [0.15, 0.2) is 18.2 Å². The van der Waals surface area contributed by atoms with E-state index in [4.69, 9.17) is 9.84 Å². The average molecular weight is 264 g/mol. The molecule has 0 bridgehead atoms. The van der Waals surface area contributed by atoms with Gasteiger partial charge in [0, 0.05) is 12.2 Å². The van der Waals surface area contributed by atoms with Crippen LogP contribution in [0.2, 0.25) is 0 Å². The van der Waals surface area contributed by atoms with E-state index in [1.54, 1.807) is 18.2 Å². The predicted octanol–water partition coefficient (Wildman–Crippen LogP) is 1.54. The summed E-state index contributed by atoms with van der Waals surface area (Å²) in [5.41, 5.74) is 1.36. The zero-order chi connectivity index (χ0) is 13.8. The summed E-state index contributed by atoms with van der Waals surface area (Å²) in [6.07, 6.45) is 0.563. The van der Waals surface area contributed by atoms with Gasteiger partial charge in [-0.15, -0.1) is 0 Å². The molecular weight excluding hydrogens is 248 g/mol. The Morgan fingerprint density at radius 3 is 3.05 bits per heavy atom. The van der Waals surface area contributed by atoms with E-state index >= 15 is 0 Å². The Labute approximate surface area is 110 Å². The summed E-state index contributed by atoms with van der Waals surface area (Å²) < 4.78 is 5.24. The fourth-order valence-corrected chi connectivity index (χ4v) is 1.84. The lowest BCUT2D eigenvalue weighted by atomic mass is 10.1. The van der Waals surface area contributed by atoms with Gasteiger partial charge in [-0.25, -0.2) is 0 Å². The fraction of sp³-hybridized carbons (Fsp3) is 0.385. The van der Waals surface area contributed by atoms with Crippen molar-refractivity contribution >= 4 is 23.3 Å². The second kappa shape index (κ2) is 5.60.